The van der Waals surface area contributed by atoms with E-state index >= 15 is 0 Å². The van der Waals surface area contributed by atoms with Gasteiger partial charge in [-0.1, -0.05) is 29.3 Å². The minimum absolute atomic E-state index is 0.0456. The highest BCUT2D eigenvalue weighted by Crippen LogP contribution is 2.38. The van der Waals surface area contributed by atoms with E-state index in [2.05, 4.69) is 27.5 Å². The van der Waals surface area contributed by atoms with Crippen molar-refractivity contribution < 1.29 is 0 Å². The predicted octanol–water partition coefficient (Wildman–Crippen LogP) is 5.32. The predicted molar refractivity (Wildman–Crippen MR) is 126 cm³/mol. The van der Waals surface area contributed by atoms with Gasteiger partial charge in [0.2, 0.25) is 5.95 Å². The Morgan fingerprint density at radius 1 is 1.00 bits per heavy atom. The topological polar surface area (TPSA) is 67.1 Å². The molecular formula is C23H22Cl2N6. The highest BCUT2D eigenvalue weighted by Gasteiger charge is 2.29. The molecule has 0 bridgehead atoms. The Morgan fingerprint density at radius 3 is 2.52 bits per heavy atom. The largest absolute Gasteiger partial charge is 0.350 e. The second kappa shape index (κ2) is 8.11. The number of aromatic nitrogens is 4. The third-order valence-electron chi connectivity index (χ3n) is 5.83. The van der Waals surface area contributed by atoms with Crippen LogP contribution in [0.25, 0.3) is 28.0 Å². The fourth-order valence-corrected chi connectivity index (χ4v) is 4.38. The van der Waals surface area contributed by atoms with Gasteiger partial charge in [-0.2, -0.15) is 0 Å². The van der Waals surface area contributed by atoms with Crippen LogP contribution in [0.4, 0.5) is 5.95 Å². The van der Waals surface area contributed by atoms with Gasteiger partial charge < -0.3 is 10.6 Å². The summed E-state index contributed by atoms with van der Waals surface area (Å²) in [6, 6.07) is 9.53. The summed E-state index contributed by atoms with van der Waals surface area (Å²) in [7, 11) is 0. The number of pyridine rings is 1. The average molecular weight is 453 g/mol. The maximum Gasteiger partial charge on any atom is 0.209 e. The maximum absolute atomic E-state index is 6.36. The molecule has 8 heteroatoms. The van der Waals surface area contributed by atoms with Crippen molar-refractivity contribution in [3.05, 3.63) is 65.2 Å². The van der Waals surface area contributed by atoms with E-state index in [1.807, 2.05) is 34.9 Å². The number of halogens is 2. The summed E-state index contributed by atoms with van der Waals surface area (Å²) in [4.78, 5) is 14.0. The lowest BCUT2D eigenvalue weighted by Crippen LogP contribution is -2.45. The lowest BCUT2D eigenvalue weighted by molar-refractivity contribution is 0.363. The van der Waals surface area contributed by atoms with Crippen molar-refractivity contribution in [1.29, 1.82) is 0 Å². The van der Waals surface area contributed by atoms with Crippen molar-refractivity contribution in [3.8, 4) is 22.4 Å². The van der Waals surface area contributed by atoms with E-state index in [0.29, 0.717) is 10.0 Å². The number of fused-ring (bicyclic) bond motifs is 1. The van der Waals surface area contributed by atoms with Crippen molar-refractivity contribution in [1.82, 2.24) is 24.7 Å². The van der Waals surface area contributed by atoms with E-state index < -0.39 is 0 Å². The molecule has 1 aromatic carbocycles. The molecule has 1 aliphatic heterocycles. The van der Waals surface area contributed by atoms with Gasteiger partial charge in [0.25, 0.3) is 0 Å². The summed E-state index contributed by atoms with van der Waals surface area (Å²) in [5.74, 6) is 0.771. The molecule has 0 spiro atoms. The third-order valence-corrected chi connectivity index (χ3v) is 6.57. The van der Waals surface area contributed by atoms with Crippen LogP contribution >= 0.6 is 23.2 Å². The molecule has 31 heavy (non-hydrogen) atoms. The van der Waals surface area contributed by atoms with Gasteiger partial charge in [-0.15, -0.1) is 0 Å². The van der Waals surface area contributed by atoms with Crippen molar-refractivity contribution in [2.45, 2.75) is 25.3 Å². The molecular weight excluding hydrogens is 431 g/mol. The number of imidazole rings is 1. The number of nitrogens with one attached hydrogen (secondary N) is 2. The summed E-state index contributed by atoms with van der Waals surface area (Å²) in [6.45, 7) is 4.21. The van der Waals surface area contributed by atoms with Gasteiger partial charge in [0, 0.05) is 35.9 Å². The van der Waals surface area contributed by atoms with E-state index in [-0.39, 0.29) is 5.54 Å². The Balaban J connectivity index is 1.74. The van der Waals surface area contributed by atoms with Gasteiger partial charge in [0.1, 0.15) is 5.65 Å². The summed E-state index contributed by atoms with van der Waals surface area (Å²) in [5.41, 5.74) is 4.34. The van der Waals surface area contributed by atoms with E-state index in [9.17, 15) is 0 Å². The second-order valence-corrected chi connectivity index (χ2v) is 8.89. The van der Waals surface area contributed by atoms with Crippen LogP contribution in [-0.2, 0) is 0 Å². The Morgan fingerprint density at radius 2 is 1.77 bits per heavy atom. The van der Waals surface area contributed by atoms with Gasteiger partial charge >= 0.3 is 0 Å². The third kappa shape index (κ3) is 3.87. The first-order valence-corrected chi connectivity index (χ1v) is 11.0. The van der Waals surface area contributed by atoms with Crippen LogP contribution < -0.4 is 10.6 Å². The van der Waals surface area contributed by atoms with Crippen LogP contribution in [0, 0.1) is 0 Å². The highest BCUT2D eigenvalue weighted by atomic mass is 35.5. The molecule has 1 aliphatic rings. The fraction of sp³-hybridized carbons (Fsp3) is 0.261. The second-order valence-electron chi connectivity index (χ2n) is 8.08. The normalized spacial score (nSPS) is 15.8. The Hall–Kier alpha value is -2.67. The molecule has 0 aliphatic carbocycles. The average Bonchev–Trinajstić information content (AvgIpc) is 3.27. The molecule has 158 valence electrons. The highest BCUT2D eigenvalue weighted by molar-refractivity contribution is 6.42. The number of rotatable bonds is 4. The number of nitrogens with zero attached hydrogens (tertiary/aromatic N) is 4. The van der Waals surface area contributed by atoms with Gasteiger partial charge in [0.15, 0.2) is 0 Å². The van der Waals surface area contributed by atoms with Crippen molar-refractivity contribution in [2.75, 3.05) is 18.4 Å². The van der Waals surface area contributed by atoms with E-state index in [0.717, 1.165) is 59.9 Å². The molecule has 4 aromatic rings. The van der Waals surface area contributed by atoms with Gasteiger partial charge in [0.05, 0.1) is 21.3 Å². The Kier molecular flexibility index (Phi) is 5.30. The van der Waals surface area contributed by atoms with E-state index in [1.54, 1.807) is 24.7 Å². The van der Waals surface area contributed by atoms with Crippen LogP contribution in [0.15, 0.2) is 55.1 Å². The first kappa shape index (κ1) is 20.2. The Bertz CT molecular complexity index is 1230. The Labute approximate surface area is 190 Å². The van der Waals surface area contributed by atoms with Crippen LogP contribution in [0.1, 0.15) is 19.8 Å². The van der Waals surface area contributed by atoms with Crippen LogP contribution in [0.5, 0.6) is 0 Å². The molecule has 0 radical (unpaired) electrons. The van der Waals surface area contributed by atoms with Gasteiger partial charge in [-0.3, -0.25) is 9.38 Å². The molecule has 4 heterocycles. The van der Waals surface area contributed by atoms with Crippen molar-refractivity contribution >= 4 is 34.8 Å². The van der Waals surface area contributed by atoms with Crippen molar-refractivity contribution in [3.63, 3.8) is 0 Å². The van der Waals surface area contributed by atoms with Crippen LogP contribution in [0.3, 0.4) is 0 Å². The van der Waals surface area contributed by atoms with Gasteiger partial charge in [-0.25, -0.2) is 9.97 Å². The zero-order valence-corrected chi connectivity index (χ0v) is 18.6. The molecule has 0 saturated carbocycles. The first-order valence-electron chi connectivity index (χ1n) is 10.3. The molecule has 6 nitrogen and oxygen atoms in total. The summed E-state index contributed by atoms with van der Waals surface area (Å²) in [6.07, 6.45) is 9.31. The smallest absolute Gasteiger partial charge is 0.209 e. The fourth-order valence-electron chi connectivity index (χ4n) is 4.08. The first-order chi connectivity index (χ1) is 15.0. The van der Waals surface area contributed by atoms with E-state index in [1.165, 1.54) is 0 Å². The molecule has 3 aromatic heterocycles. The van der Waals surface area contributed by atoms with Crippen molar-refractivity contribution in [2.24, 2.45) is 0 Å². The number of anilines is 1. The summed E-state index contributed by atoms with van der Waals surface area (Å²) in [5, 5.41) is 8.14. The monoisotopic (exact) mass is 452 g/mol. The summed E-state index contributed by atoms with van der Waals surface area (Å²) >= 11 is 12.5. The zero-order chi connectivity index (χ0) is 21.4. The standard InChI is InChI=1S/C23H22Cl2N6/c1-23(6-10-27-11-7-23)30-22-29-20(15-4-8-26-9-5-15)19(21-28-12-13-31(21)22)16-2-3-17(24)18(25)14-16/h2-5,8-9,12-14,27H,6-7,10-11H2,1H3,(H,29,30). The minimum Gasteiger partial charge on any atom is -0.350 e. The minimum atomic E-state index is -0.0456. The number of piperidine rings is 1. The van der Waals surface area contributed by atoms with E-state index in [4.69, 9.17) is 28.2 Å². The lowest BCUT2D eigenvalue weighted by atomic mass is 9.91. The summed E-state index contributed by atoms with van der Waals surface area (Å²) < 4.78 is 2.01. The molecule has 0 atom stereocenters. The lowest BCUT2D eigenvalue weighted by Gasteiger charge is -2.35. The molecule has 1 fully saturated rings. The molecule has 0 unspecified atom stereocenters. The van der Waals surface area contributed by atoms with Crippen LogP contribution in [-0.4, -0.2) is 38.0 Å². The zero-order valence-electron chi connectivity index (χ0n) is 17.1. The number of hydrogen-bond donors (Lipinski definition) is 2. The SMILES string of the molecule is CC1(Nc2nc(-c3ccncc3)c(-c3ccc(Cl)c(Cl)c3)c3nccn23)CCNCC1. The van der Waals surface area contributed by atoms with Crippen LogP contribution in [0.2, 0.25) is 10.0 Å². The molecule has 5 rings (SSSR count). The number of hydrogen-bond acceptors (Lipinski definition) is 5. The quantitative estimate of drug-likeness (QED) is 0.438. The maximum atomic E-state index is 6.36. The molecule has 2 N–H and O–H groups in total. The van der Waals surface area contributed by atoms with Gasteiger partial charge in [-0.05, 0) is 62.7 Å². The molecule has 1 saturated heterocycles. The number of benzene rings is 1. The molecule has 0 amide bonds.